The zero-order valence-electron chi connectivity index (χ0n) is 11.2. The van der Waals surface area contributed by atoms with Crippen molar-refractivity contribution >= 4 is 10.0 Å². The van der Waals surface area contributed by atoms with Crippen molar-refractivity contribution in [2.24, 2.45) is 17.8 Å². The highest BCUT2D eigenvalue weighted by molar-refractivity contribution is 7.89. The van der Waals surface area contributed by atoms with Crippen molar-refractivity contribution in [2.75, 3.05) is 0 Å². The van der Waals surface area contributed by atoms with Crippen LogP contribution in [0.5, 0.6) is 0 Å². The van der Waals surface area contributed by atoms with Gasteiger partial charge in [0, 0.05) is 6.04 Å². The molecule has 4 heteroatoms. The summed E-state index contributed by atoms with van der Waals surface area (Å²) in [6.07, 6.45) is 5.14. The van der Waals surface area contributed by atoms with Gasteiger partial charge in [-0.15, -0.1) is 0 Å². The van der Waals surface area contributed by atoms with E-state index in [1.54, 1.807) is 24.3 Å². The van der Waals surface area contributed by atoms with Gasteiger partial charge < -0.3 is 0 Å². The number of sulfonamides is 1. The van der Waals surface area contributed by atoms with E-state index in [0.29, 0.717) is 10.8 Å². The molecule has 0 radical (unpaired) electrons. The summed E-state index contributed by atoms with van der Waals surface area (Å²) in [5, 5.41) is 0. The fraction of sp³-hybridized carbons (Fsp3) is 0.600. The first-order valence-corrected chi connectivity index (χ1v) is 8.62. The van der Waals surface area contributed by atoms with Crippen molar-refractivity contribution in [3.8, 4) is 0 Å². The monoisotopic (exact) mass is 279 g/mol. The number of hydrogen-bond acceptors (Lipinski definition) is 2. The normalized spacial score (nSPS) is 31.5. The second-order valence-corrected chi connectivity index (χ2v) is 7.78. The number of fused-ring (bicyclic) bond motifs is 2. The minimum atomic E-state index is -3.36. The van der Waals surface area contributed by atoms with Gasteiger partial charge in [0.15, 0.2) is 0 Å². The zero-order valence-corrected chi connectivity index (χ0v) is 12.1. The van der Waals surface area contributed by atoms with Crippen LogP contribution in [0.2, 0.25) is 0 Å². The van der Waals surface area contributed by atoms with Crippen molar-refractivity contribution in [3.05, 3.63) is 30.3 Å². The average Bonchev–Trinajstić information content (AvgIpc) is 3.01. The van der Waals surface area contributed by atoms with E-state index in [1.165, 1.54) is 25.7 Å². The maximum atomic E-state index is 12.3. The summed E-state index contributed by atoms with van der Waals surface area (Å²) >= 11 is 0. The van der Waals surface area contributed by atoms with E-state index in [1.807, 2.05) is 13.0 Å². The molecular formula is C15H21NO2S. The van der Waals surface area contributed by atoms with Crippen molar-refractivity contribution in [3.63, 3.8) is 0 Å². The fourth-order valence-electron chi connectivity index (χ4n) is 3.91. The molecule has 2 aliphatic carbocycles. The van der Waals surface area contributed by atoms with Gasteiger partial charge in [-0.1, -0.05) is 24.6 Å². The molecule has 0 aromatic heterocycles. The van der Waals surface area contributed by atoms with Crippen LogP contribution in [0.15, 0.2) is 35.2 Å². The highest BCUT2D eigenvalue weighted by Gasteiger charge is 2.42. The minimum Gasteiger partial charge on any atom is -0.208 e. The Hall–Kier alpha value is -0.870. The van der Waals surface area contributed by atoms with Crippen LogP contribution in [0.1, 0.15) is 32.6 Å². The molecule has 3 nitrogen and oxygen atoms in total. The van der Waals surface area contributed by atoms with Gasteiger partial charge in [0.2, 0.25) is 10.0 Å². The number of nitrogens with one attached hydrogen (secondary N) is 1. The third-order valence-corrected chi connectivity index (χ3v) is 6.40. The lowest BCUT2D eigenvalue weighted by molar-refractivity contribution is 0.280. The van der Waals surface area contributed by atoms with E-state index in [9.17, 15) is 8.42 Å². The number of rotatable bonds is 4. The van der Waals surface area contributed by atoms with E-state index in [4.69, 9.17) is 0 Å². The molecule has 104 valence electrons. The van der Waals surface area contributed by atoms with Crippen molar-refractivity contribution in [1.29, 1.82) is 0 Å². The molecule has 1 aromatic carbocycles. The lowest BCUT2D eigenvalue weighted by Gasteiger charge is -2.28. The Balaban J connectivity index is 1.71. The summed E-state index contributed by atoms with van der Waals surface area (Å²) in [4.78, 5) is 0.366. The van der Waals surface area contributed by atoms with Crippen molar-refractivity contribution in [1.82, 2.24) is 4.72 Å². The summed E-state index contributed by atoms with van der Waals surface area (Å²) in [5.74, 6) is 2.11. The van der Waals surface area contributed by atoms with Crippen LogP contribution in [0.25, 0.3) is 0 Å². The Morgan fingerprint density at radius 3 is 2.47 bits per heavy atom. The highest BCUT2D eigenvalue weighted by Crippen LogP contribution is 2.49. The molecule has 2 saturated carbocycles. The first kappa shape index (κ1) is 13.1. The Bertz CT molecular complexity index is 541. The molecule has 2 aliphatic rings. The third kappa shape index (κ3) is 2.56. The van der Waals surface area contributed by atoms with Gasteiger partial charge in [0.1, 0.15) is 0 Å². The predicted molar refractivity (Wildman–Crippen MR) is 75.2 cm³/mol. The molecule has 2 fully saturated rings. The first-order valence-electron chi connectivity index (χ1n) is 7.13. The second-order valence-electron chi connectivity index (χ2n) is 6.06. The predicted octanol–water partition coefficient (Wildman–Crippen LogP) is 2.79. The number of benzene rings is 1. The highest BCUT2D eigenvalue weighted by atomic mass is 32.2. The summed E-state index contributed by atoms with van der Waals surface area (Å²) in [6.45, 7) is 2.02. The van der Waals surface area contributed by atoms with Crippen molar-refractivity contribution < 1.29 is 8.42 Å². The van der Waals surface area contributed by atoms with Crippen LogP contribution in [0.4, 0.5) is 0 Å². The lowest BCUT2D eigenvalue weighted by Crippen LogP contribution is -2.40. The average molecular weight is 279 g/mol. The SMILES string of the molecule is C[C@@H](NS(=O)(=O)c1ccccc1)[C@H]1C[C@@H]2CC[C@@H]1C2. The topological polar surface area (TPSA) is 46.2 Å². The molecule has 1 N–H and O–H groups in total. The van der Waals surface area contributed by atoms with Gasteiger partial charge in [0.05, 0.1) is 4.90 Å². The molecule has 1 aromatic rings. The molecule has 0 amide bonds. The molecule has 19 heavy (non-hydrogen) atoms. The second kappa shape index (κ2) is 4.91. The molecule has 0 saturated heterocycles. The largest absolute Gasteiger partial charge is 0.240 e. The quantitative estimate of drug-likeness (QED) is 0.921. The Morgan fingerprint density at radius 1 is 1.16 bits per heavy atom. The van der Waals surface area contributed by atoms with E-state index < -0.39 is 10.0 Å². The maximum Gasteiger partial charge on any atom is 0.240 e. The number of hydrogen-bond donors (Lipinski definition) is 1. The van der Waals surface area contributed by atoms with Gasteiger partial charge in [-0.05, 0) is 56.1 Å². The smallest absolute Gasteiger partial charge is 0.208 e. The van der Waals surface area contributed by atoms with Crippen LogP contribution in [-0.2, 0) is 10.0 Å². The Morgan fingerprint density at radius 2 is 1.89 bits per heavy atom. The third-order valence-electron chi connectivity index (χ3n) is 4.83. The zero-order chi connectivity index (χ0) is 13.5. The van der Waals surface area contributed by atoms with Crippen LogP contribution in [0.3, 0.4) is 0 Å². The van der Waals surface area contributed by atoms with Gasteiger partial charge >= 0.3 is 0 Å². The molecule has 2 bridgehead atoms. The lowest BCUT2D eigenvalue weighted by atomic mass is 9.84. The molecule has 0 aliphatic heterocycles. The summed E-state index contributed by atoms with van der Waals surface area (Å²) in [7, 11) is -3.36. The Labute approximate surface area is 115 Å². The van der Waals surface area contributed by atoms with Crippen LogP contribution >= 0.6 is 0 Å². The molecule has 0 spiro atoms. The van der Waals surface area contributed by atoms with E-state index in [2.05, 4.69) is 4.72 Å². The summed E-state index contributed by atoms with van der Waals surface area (Å²) in [5.41, 5.74) is 0. The summed E-state index contributed by atoms with van der Waals surface area (Å²) < 4.78 is 27.5. The van der Waals surface area contributed by atoms with E-state index in [-0.39, 0.29) is 6.04 Å². The van der Waals surface area contributed by atoms with Gasteiger partial charge in [0.25, 0.3) is 0 Å². The minimum absolute atomic E-state index is 0.0421. The maximum absolute atomic E-state index is 12.3. The first-order chi connectivity index (χ1) is 9.06. The van der Waals surface area contributed by atoms with Crippen molar-refractivity contribution in [2.45, 2.75) is 43.5 Å². The van der Waals surface area contributed by atoms with Crippen LogP contribution in [0, 0.1) is 17.8 Å². The molecule has 0 heterocycles. The molecular weight excluding hydrogens is 258 g/mol. The van der Waals surface area contributed by atoms with E-state index >= 15 is 0 Å². The van der Waals surface area contributed by atoms with Gasteiger partial charge in [-0.3, -0.25) is 0 Å². The van der Waals surface area contributed by atoms with Crippen LogP contribution in [-0.4, -0.2) is 14.5 Å². The standard InChI is InChI=1S/C15H21NO2S/c1-11(15-10-12-7-8-13(15)9-12)16-19(17,18)14-5-3-2-4-6-14/h2-6,11-13,15-16H,7-10H2,1H3/t11-,12-,13-,15-/m1/s1. The summed E-state index contributed by atoms with van der Waals surface area (Å²) in [6, 6.07) is 8.69. The van der Waals surface area contributed by atoms with Gasteiger partial charge in [-0.2, -0.15) is 0 Å². The molecule has 4 atom stereocenters. The molecule has 3 rings (SSSR count). The molecule has 0 unspecified atom stereocenters. The van der Waals surface area contributed by atoms with Gasteiger partial charge in [-0.25, -0.2) is 13.1 Å². The van der Waals surface area contributed by atoms with E-state index in [0.717, 1.165) is 11.8 Å². The Kier molecular flexibility index (Phi) is 3.39. The fourth-order valence-corrected chi connectivity index (χ4v) is 5.22. The van der Waals surface area contributed by atoms with Crippen LogP contribution < -0.4 is 4.72 Å².